The van der Waals surface area contributed by atoms with Crippen molar-refractivity contribution >= 4 is 16.8 Å². The van der Waals surface area contributed by atoms with Crippen molar-refractivity contribution in [3.05, 3.63) is 77.1 Å². The molecule has 0 radical (unpaired) electrons. The Morgan fingerprint density at radius 1 is 1.11 bits per heavy atom. The van der Waals surface area contributed by atoms with E-state index in [1.165, 1.54) is 11.9 Å². The first-order valence-electron chi connectivity index (χ1n) is 9.12. The largest absolute Gasteiger partial charge is 0.354 e. The minimum atomic E-state index is -0.171. The molecule has 0 unspecified atom stereocenters. The summed E-state index contributed by atoms with van der Waals surface area (Å²) in [6, 6.07) is 10.2. The van der Waals surface area contributed by atoms with Crippen molar-refractivity contribution < 1.29 is 4.79 Å². The quantitative estimate of drug-likeness (QED) is 0.570. The van der Waals surface area contributed by atoms with Crippen molar-refractivity contribution in [3.63, 3.8) is 0 Å². The fourth-order valence-electron chi connectivity index (χ4n) is 3.39. The van der Waals surface area contributed by atoms with Gasteiger partial charge in [-0.3, -0.25) is 9.78 Å². The van der Waals surface area contributed by atoms with Crippen LogP contribution in [0.1, 0.15) is 32.9 Å². The molecule has 0 aliphatic heterocycles. The van der Waals surface area contributed by atoms with Gasteiger partial charge in [0.2, 0.25) is 0 Å². The van der Waals surface area contributed by atoms with E-state index in [4.69, 9.17) is 0 Å². The van der Waals surface area contributed by atoms with Crippen LogP contribution in [-0.2, 0) is 6.54 Å². The van der Waals surface area contributed by atoms with Crippen molar-refractivity contribution in [3.8, 4) is 11.3 Å². The molecule has 0 bridgehead atoms. The number of carbonyl (C=O) groups is 1. The third kappa shape index (κ3) is 3.24. The topological polar surface area (TPSA) is 83.6 Å². The number of nitrogens with zero attached hydrogens (tertiary/aromatic N) is 3. The van der Waals surface area contributed by atoms with Gasteiger partial charge in [-0.25, -0.2) is 9.97 Å². The number of rotatable bonds is 4. The molecular formula is C22H21N5O. The third-order valence-corrected chi connectivity index (χ3v) is 5.01. The number of aromatic nitrogens is 4. The molecule has 0 aliphatic rings. The van der Waals surface area contributed by atoms with E-state index < -0.39 is 0 Å². The zero-order valence-electron chi connectivity index (χ0n) is 16.1. The molecule has 3 aromatic heterocycles. The lowest BCUT2D eigenvalue weighted by Crippen LogP contribution is -2.24. The van der Waals surface area contributed by atoms with Gasteiger partial charge < -0.3 is 10.3 Å². The van der Waals surface area contributed by atoms with Crippen LogP contribution in [0.2, 0.25) is 0 Å². The van der Waals surface area contributed by atoms with E-state index in [1.807, 2.05) is 19.1 Å². The standard InChI is InChI=1S/C22H21N5O/c1-13-18-9-16(10-25-22(28)19-11-23-12-26-15(19)3)6-7-20(18)27-21(13)17-5-4-8-24-14(17)2/h4-9,11-12,27H,10H2,1-3H3,(H,25,28). The van der Waals surface area contributed by atoms with Gasteiger partial charge in [0.1, 0.15) is 6.33 Å². The minimum Gasteiger partial charge on any atom is -0.354 e. The van der Waals surface area contributed by atoms with Gasteiger partial charge >= 0.3 is 0 Å². The highest BCUT2D eigenvalue weighted by molar-refractivity contribution is 5.95. The molecule has 0 fully saturated rings. The number of H-pyrrole nitrogens is 1. The van der Waals surface area contributed by atoms with Gasteiger partial charge in [-0.1, -0.05) is 6.07 Å². The molecule has 1 amide bonds. The SMILES string of the molecule is Cc1ncncc1C(=O)NCc1ccc2[nH]c(-c3cccnc3C)c(C)c2c1. The normalized spacial score (nSPS) is 11.0. The number of nitrogens with one attached hydrogen (secondary N) is 2. The van der Waals surface area contributed by atoms with Crippen LogP contribution in [0.5, 0.6) is 0 Å². The number of hydrogen-bond donors (Lipinski definition) is 2. The smallest absolute Gasteiger partial charge is 0.254 e. The van der Waals surface area contributed by atoms with E-state index >= 15 is 0 Å². The maximum absolute atomic E-state index is 12.4. The Morgan fingerprint density at radius 3 is 2.75 bits per heavy atom. The van der Waals surface area contributed by atoms with Gasteiger partial charge in [0, 0.05) is 41.1 Å². The molecule has 28 heavy (non-hydrogen) atoms. The summed E-state index contributed by atoms with van der Waals surface area (Å²) in [4.78, 5) is 28.3. The second kappa shape index (κ2) is 7.23. The summed E-state index contributed by atoms with van der Waals surface area (Å²) >= 11 is 0. The van der Waals surface area contributed by atoms with Gasteiger partial charge in [-0.05, 0) is 56.2 Å². The Morgan fingerprint density at radius 2 is 1.96 bits per heavy atom. The minimum absolute atomic E-state index is 0.171. The van der Waals surface area contributed by atoms with Crippen molar-refractivity contribution in [1.82, 2.24) is 25.3 Å². The Labute approximate surface area is 163 Å². The number of fused-ring (bicyclic) bond motifs is 1. The first-order chi connectivity index (χ1) is 13.5. The maximum Gasteiger partial charge on any atom is 0.254 e. The highest BCUT2D eigenvalue weighted by atomic mass is 16.1. The molecule has 4 aromatic rings. The molecular weight excluding hydrogens is 350 g/mol. The lowest BCUT2D eigenvalue weighted by atomic mass is 10.0. The highest BCUT2D eigenvalue weighted by Crippen LogP contribution is 2.31. The van der Waals surface area contributed by atoms with Crippen LogP contribution in [0, 0.1) is 20.8 Å². The summed E-state index contributed by atoms with van der Waals surface area (Å²) in [7, 11) is 0. The second-order valence-electron chi connectivity index (χ2n) is 6.85. The van der Waals surface area contributed by atoms with Gasteiger partial charge in [0.25, 0.3) is 5.91 Å². The lowest BCUT2D eigenvalue weighted by molar-refractivity contribution is 0.0949. The van der Waals surface area contributed by atoms with Crippen molar-refractivity contribution in [1.29, 1.82) is 0 Å². The van der Waals surface area contributed by atoms with Crippen LogP contribution in [0.3, 0.4) is 0 Å². The molecule has 140 valence electrons. The Bertz CT molecular complexity index is 1180. The van der Waals surface area contributed by atoms with Gasteiger partial charge in [-0.2, -0.15) is 0 Å². The van der Waals surface area contributed by atoms with Gasteiger partial charge in [0.15, 0.2) is 0 Å². The van der Waals surface area contributed by atoms with E-state index in [0.717, 1.165) is 33.4 Å². The van der Waals surface area contributed by atoms with Crippen molar-refractivity contribution in [2.75, 3.05) is 0 Å². The zero-order chi connectivity index (χ0) is 19.7. The number of hydrogen-bond acceptors (Lipinski definition) is 4. The summed E-state index contributed by atoms with van der Waals surface area (Å²) < 4.78 is 0. The average Bonchev–Trinajstić information content (AvgIpc) is 3.03. The second-order valence-corrected chi connectivity index (χ2v) is 6.85. The van der Waals surface area contributed by atoms with Crippen LogP contribution in [-0.4, -0.2) is 25.8 Å². The Balaban J connectivity index is 1.60. The maximum atomic E-state index is 12.4. The molecule has 0 aliphatic carbocycles. The molecule has 0 saturated carbocycles. The summed E-state index contributed by atoms with van der Waals surface area (Å²) in [5.74, 6) is -0.171. The molecule has 0 spiro atoms. The summed E-state index contributed by atoms with van der Waals surface area (Å²) in [6.45, 7) is 6.35. The van der Waals surface area contributed by atoms with Crippen molar-refractivity contribution in [2.24, 2.45) is 0 Å². The van der Waals surface area contributed by atoms with E-state index in [1.54, 1.807) is 19.3 Å². The fourth-order valence-corrected chi connectivity index (χ4v) is 3.39. The molecule has 6 heteroatoms. The van der Waals surface area contributed by atoms with E-state index in [0.29, 0.717) is 17.8 Å². The highest BCUT2D eigenvalue weighted by Gasteiger charge is 2.13. The first kappa shape index (κ1) is 17.9. The van der Waals surface area contributed by atoms with Crippen molar-refractivity contribution in [2.45, 2.75) is 27.3 Å². The fraction of sp³-hybridized carbons (Fsp3) is 0.182. The number of pyridine rings is 1. The molecule has 2 N–H and O–H groups in total. The Hall–Kier alpha value is -3.54. The van der Waals surface area contributed by atoms with Crippen LogP contribution in [0.15, 0.2) is 49.1 Å². The van der Waals surface area contributed by atoms with Crippen LogP contribution >= 0.6 is 0 Å². The molecule has 3 heterocycles. The molecule has 4 rings (SSSR count). The molecule has 6 nitrogen and oxygen atoms in total. The van der Waals surface area contributed by atoms with Crippen LogP contribution < -0.4 is 5.32 Å². The van der Waals surface area contributed by atoms with E-state index in [2.05, 4.69) is 50.4 Å². The van der Waals surface area contributed by atoms with Gasteiger partial charge in [0.05, 0.1) is 17.0 Å². The van der Waals surface area contributed by atoms with E-state index in [-0.39, 0.29) is 5.91 Å². The summed E-state index contributed by atoms with van der Waals surface area (Å²) in [6.07, 6.45) is 4.78. The number of benzene rings is 1. The lowest BCUT2D eigenvalue weighted by Gasteiger charge is -2.07. The molecule has 0 saturated heterocycles. The number of amides is 1. The predicted octanol–water partition coefficient (Wildman–Crippen LogP) is 3.88. The molecule has 0 atom stereocenters. The predicted molar refractivity (Wildman–Crippen MR) is 109 cm³/mol. The van der Waals surface area contributed by atoms with Crippen LogP contribution in [0.25, 0.3) is 22.2 Å². The van der Waals surface area contributed by atoms with E-state index in [9.17, 15) is 4.79 Å². The third-order valence-electron chi connectivity index (χ3n) is 5.01. The monoisotopic (exact) mass is 371 g/mol. The average molecular weight is 371 g/mol. The number of carbonyl (C=O) groups excluding carboxylic acids is 1. The number of aryl methyl sites for hydroxylation is 3. The molecule has 1 aromatic carbocycles. The van der Waals surface area contributed by atoms with Gasteiger partial charge in [-0.15, -0.1) is 0 Å². The summed E-state index contributed by atoms with van der Waals surface area (Å²) in [5.41, 5.74) is 7.61. The number of aromatic amines is 1. The zero-order valence-corrected chi connectivity index (χ0v) is 16.1. The first-order valence-corrected chi connectivity index (χ1v) is 9.12. The summed E-state index contributed by atoms with van der Waals surface area (Å²) in [5, 5.41) is 4.09. The van der Waals surface area contributed by atoms with Crippen LogP contribution in [0.4, 0.5) is 0 Å². The Kier molecular flexibility index (Phi) is 4.61.